The smallest absolute Gasteiger partial charge is 0.211 e. The largest absolute Gasteiger partial charge is 0.385 e. The van der Waals surface area contributed by atoms with E-state index < -0.39 is 10.0 Å². The quantitative estimate of drug-likeness (QED) is 0.549. The monoisotopic (exact) mass is 252 g/mol. The molecule has 3 N–H and O–H groups in total. The van der Waals surface area contributed by atoms with Crippen LogP contribution in [0.25, 0.3) is 0 Å². The van der Waals surface area contributed by atoms with E-state index in [0.717, 1.165) is 12.8 Å². The summed E-state index contributed by atoms with van der Waals surface area (Å²) in [6.07, 6.45) is 2.33. The van der Waals surface area contributed by atoms with Gasteiger partial charge in [-0.15, -0.1) is 0 Å². The van der Waals surface area contributed by atoms with Crippen LogP contribution >= 0.6 is 0 Å². The Bertz CT molecular complexity index is 255. The molecule has 0 saturated heterocycles. The molecule has 0 fully saturated rings. The topological polar surface area (TPSA) is 81.4 Å². The van der Waals surface area contributed by atoms with Crippen molar-refractivity contribution >= 4 is 10.0 Å². The SMILES string of the molecule is CCC(CCN)CNS(=O)(=O)CCCOC. The standard InChI is InChI=1S/C10H24N2O3S/c1-3-10(5-6-11)9-12-16(13,14)8-4-7-15-2/h10,12H,3-9,11H2,1-2H3. The summed E-state index contributed by atoms with van der Waals surface area (Å²) in [6.45, 7) is 3.60. The van der Waals surface area contributed by atoms with Crippen molar-refractivity contribution in [2.75, 3.05) is 32.6 Å². The Kier molecular flexibility index (Phi) is 8.83. The summed E-state index contributed by atoms with van der Waals surface area (Å²) in [7, 11) is -1.58. The van der Waals surface area contributed by atoms with Gasteiger partial charge in [0.15, 0.2) is 0 Å². The maximum absolute atomic E-state index is 11.5. The molecule has 0 amide bonds. The first-order valence-electron chi connectivity index (χ1n) is 5.72. The third-order valence-corrected chi connectivity index (χ3v) is 3.94. The molecule has 98 valence electrons. The van der Waals surface area contributed by atoms with Gasteiger partial charge in [-0.1, -0.05) is 13.3 Å². The van der Waals surface area contributed by atoms with E-state index in [1.54, 1.807) is 7.11 Å². The number of nitrogens with two attached hydrogens (primary N) is 1. The van der Waals surface area contributed by atoms with Crippen molar-refractivity contribution in [1.82, 2.24) is 4.72 Å². The van der Waals surface area contributed by atoms with Gasteiger partial charge in [-0.2, -0.15) is 0 Å². The van der Waals surface area contributed by atoms with E-state index in [2.05, 4.69) is 4.72 Å². The second-order valence-corrected chi connectivity index (χ2v) is 5.79. The predicted molar refractivity (Wildman–Crippen MR) is 65.7 cm³/mol. The lowest BCUT2D eigenvalue weighted by molar-refractivity contribution is 0.199. The van der Waals surface area contributed by atoms with Crippen molar-refractivity contribution in [2.45, 2.75) is 26.2 Å². The molecule has 0 aromatic carbocycles. The molecule has 5 nitrogen and oxygen atoms in total. The second kappa shape index (κ2) is 8.92. The van der Waals surface area contributed by atoms with Crippen LogP contribution in [0.5, 0.6) is 0 Å². The highest BCUT2D eigenvalue weighted by molar-refractivity contribution is 7.89. The zero-order valence-electron chi connectivity index (χ0n) is 10.2. The number of methoxy groups -OCH3 is 1. The average Bonchev–Trinajstić information content (AvgIpc) is 2.24. The summed E-state index contributed by atoms with van der Waals surface area (Å²) in [5.41, 5.74) is 5.45. The van der Waals surface area contributed by atoms with Gasteiger partial charge in [-0.05, 0) is 25.3 Å². The zero-order chi connectivity index (χ0) is 12.4. The number of sulfonamides is 1. The lowest BCUT2D eigenvalue weighted by Crippen LogP contribution is -2.32. The number of ether oxygens (including phenoxy) is 1. The average molecular weight is 252 g/mol. The maximum Gasteiger partial charge on any atom is 0.211 e. The molecule has 0 radical (unpaired) electrons. The third-order valence-electron chi connectivity index (χ3n) is 2.51. The minimum atomic E-state index is -3.15. The number of rotatable bonds is 10. The van der Waals surface area contributed by atoms with Gasteiger partial charge in [0, 0.05) is 20.3 Å². The first kappa shape index (κ1) is 15.8. The normalized spacial score (nSPS) is 13.9. The lowest BCUT2D eigenvalue weighted by atomic mass is 10.0. The van der Waals surface area contributed by atoms with Crippen LogP contribution in [0.1, 0.15) is 26.2 Å². The molecule has 0 aromatic heterocycles. The van der Waals surface area contributed by atoms with E-state index in [9.17, 15) is 8.42 Å². The second-order valence-electron chi connectivity index (χ2n) is 3.87. The Morgan fingerprint density at radius 3 is 2.62 bits per heavy atom. The highest BCUT2D eigenvalue weighted by Crippen LogP contribution is 2.05. The minimum Gasteiger partial charge on any atom is -0.385 e. The fraction of sp³-hybridized carbons (Fsp3) is 1.00. The molecule has 0 rings (SSSR count). The van der Waals surface area contributed by atoms with Gasteiger partial charge < -0.3 is 10.5 Å². The summed E-state index contributed by atoms with van der Waals surface area (Å²) < 4.78 is 30.5. The molecule has 0 aromatic rings. The summed E-state index contributed by atoms with van der Waals surface area (Å²) in [5.74, 6) is 0.460. The Balaban J connectivity index is 3.87. The van der Waals surface area contributed by atoms with Crippen LogP contribution in [0.3, 0.4) is 0 Å². The molecule has 0 bridgehead atoms. The number of nitrogens with one attached hydrogen (secondary N) is 1. The van der Waals surface area contributed by atoms with E-state index in [-0.39, 0.29) is 5.75 Å². The summed E-state index contributed by atoms with van der Waals surface area (Å²) >= 11 is 0. The molecule has 0 spiro atoms. The van der Waals surface area contributed by atoms with Gasteiger partial charge >= 0.3 is 0 Å². The third kappa shape index (κ3) is 8.04. The minimum absolute atomic E-state index is 0.125. The van der Waals surface area contributed by atoms with Crippen LogP contribution in [0.2, 0.25) is 0 Å². The molecule has 16 heavy (non-hydrogen) atoms. The van der Waals surface area contributed by atoms with Gasteiger partial charge in [0.05, 0.1) is 5.75 Å². The molecule has 1 unspecified atom stereocenters. The van der Waals surface area contributed by atoms with Crippen LogP contribution in [-0.4, -0.2) is 41.0 Å². The molecule has 6 heteroatoms. The van der Waals surface area contributed by atoms with Gasteiger partial charge in [-0.3, -0.25) is 0 Å². The molecule has 0 aliphatic heterocycles. The van der Waals surface area contributed by atoms with Crippen molar-refractivity contribution in [3.63, 3.8) is 0 Å². The molecular weight excluding hydrogens is 228 g/mol. The predicted octanol–water partition coefficient (Wildman–Crippen LogP) is 0.317. The van der Waals surface area contributed by atoms with E-state index >= 15 is 0 Å². The Morgan fingerprint density at radius 2 is 2.12 bits per heavy atom. The summed E-state index contributed by atoms with van der Waals surface area (Å²) in [5, 5.41) is 0. The number of hydrogen-bond acceptors (Lipinski definition) is 4. The zero-order valence-corrected chi connectivity index (χ0v) is 11.1. The van der Waals surface area contributed by atoms with Crippen molar-refractivity contribution in [3.8, 4) is 0 Å². The summed E-state index contributed by atoms with van der Waals surface area (Å²) in [4.78, 5) is 0. The van der Waals surface area contributed by atoms with Gasteiger partial charge in [0.2, 0.25) is 10.0 Å². The van der Waals surface area contributed by atoms with Crippen LogP contribution in [0.15, 0.2) is 0 Å². The van der Waals surface area contributed by atoms with Gasteiger partial charge in [-0.25, -0.2) is 13.1 Å². The molecule has 0 aliphatic rings. The van der Waals surface area contributed by atoms with Crippen LogP contribution in [0, 0.1) is 5.92 Å². The van der Waals surface area contributed by atoms with Crippen molar-refractivity contribution in [2.24, 2.45) is 11.7 Å². The molecule has 0 saturated carbocycles. The maximum atomic E-state index is 11.5. The summed E-state index contributed by atoms with van der Waals surface area (Å²) in [6, 6.07) is 0. The van der Waals surface area contributed by atoms with Crippen LogP contribution in [-0.2, 0) is 14.8 Å². The fourth-order valence-corrected chi connectivity index (χ4v) is 2.53. The molecule has 0 aliphatic carbocycles. The first-order chi connectivity index (χ1) is 7.55. The van der Waals surface area contributed by atoms with Gasteiger partial charge in [0.1, 0.15) is 0 Å². The van der Waals surface area contributed by atoms with E-state index in [4.69, 9.17) is 10.5 Å². The number of hydrogen-bond donors (Lipinski definition) is 2. The van der Waals surface area contributed by atoms with Gasteiger partial charge in [0.25, 0.3) is 0 Å². The van der Waals surface area contributed by atoms with E-state index in [1.165, 1.54) is 0 Å². The highest BCUT2D eigenvalue weighted by atomic mass is 32.2. The highest BCUT2D eigenvalue weighted by Gasteiger charge is 2.12. The lowest BCUT2D eigenvalue weighted by Gasteiger charge is -2.14. The van der Waals surface area contributed by atoms with E-state index in [0.29, 0.717) is 32.0 Å². The molecule has 0 heterocycles. The van der Waals surface area contributed by atoms with Crippen molar-refractivity contribution in [3.05, 3.63) is 0 Å². The first-order valence-corrected chi connectivity index (χ1v) is 7.37. The van der Waals surface area contributed by atoms with Crippen molar-refractivity contribution in [1.29, 1.82) is 0 Å². The van der Waals surface area contributed by atoms with Crippen LogP contribution in [0.4, 0.5) is 0 Å². The fourth-order valence-electron chi connectivity index (χ4n) is 1.40. The Hall–Kier alpha value is -0.170. The molecule has 1 atom stereocenters. The van der Waals surface area contributed by atoms with Crippen molar-refractivity contribution < 1.29 is 13.2 Å². The Labute approximate surface area is 98.8 Å². The molecular formula is C10H24N2O3S. The van der Waals surface area contributed by atoms with Crippen LogP contribution < -0.4 is 10.5 Å². The van der Waals surface area contributed by atoms with E-state index in [1.807, 2.05) is 6.92 Å². The Morgan fingerprint density at radius 1 is 1.44 bits per heavy atom.